The van der Waals surface area contributed by atoms with Gasteiger partial charge in [-0.1, -0.05) is 12.1 Å². The van der Waals surface area contributed by atoms with Crippen LogP contribution in [0, 0.1) is 11.6 Å². The molecule has 2 unspecified atom stereocenters. The molecular formula is C15H20F2N2O2. The zero-order chi connectivity index (χ0) is 15.6. The largest absolute Gasteiger partial charge is 0.391 e. The summed E-state index contributed by atoms with van der Waals surface area (Å²) < 4.78 is 26.8. The second-order valence-electron chi connectivity index (χ2n) is 5.74. The maximum atomic E-state index is 13.6. The van der Waals surface area contributed by atoms with Crippen LogP contribution in [0.5, 0.6) is 0 Å². The lowest BCUT2D eigenvalue weighted by Gasteiger charge is -2.27. The molecule has 0 bridgehead atoms. The minimum Gasteiger partial charge on any atom is -0.391 e. The fourth-order valence-corrected chi connectivity index (χ4v) is 2.74. The van der Waals surface area contributed by atoms with Crippen LogP contribution in [-0.2, 0) is 11.2 Å². The van der Waals surface area contributed by atoms with Gasteiger partial charge < -0.3 is 14.9 Å². The molecule has 0 saturated carbocycles. The number of carbonyl (C=O) groups is 1. The highest BCUT2D eigenvalue weighted by Crippen LogP contribution is 2.21. The third kappa shape index (κ3) is 3.77. The Morgan fingerprint density at radius 1 is 1.43 bits per heavy atom. The van der Waals surface area contributed by atoms with Crippen molar-refractivity contribution in [3.8, 4) is 0 Å². The molecular weight excluding hydrogens is 278 g/mol. The van der Waals surface area contributed by atoms with Crippen molar-refractivity contribution in [2.45, 2.75) is 25.0 Å². The number of β-amino-alcohol motifs (C(OH)–C–C–N with tert-alkyl or cyclic N) is 1. The smallest absolute Gasteiger partial charge is 0.227 e. The van der Waals surface area contributed by atoms with E-state index in [2.05, 4.69) is 0 Å². The van der Waals surface area contributed by atoms with E-state index < -0.39 is 17.7 Å². The van der Waals surface area contributed by atoms with Crippen LogP contribution >= 0.6 is 0 Å². The Morgan fingerprint density at radius 2 is 2.14 bits per heavy atom. The SMILES string of the molecule is CN(C)CC1CC(O)CN1C(=O)Cc1cccc(F)c1F. The number of halogens is 2. The van der Waals surface area contributed by atoms with Crippen LogP contribution in [0.2, 0.25) is 0 Å². The third-order valence-electron chi connectivity index (χ3n) is 3.66. The van der Waals surface area contributed by atoms with Crippen molar-refractivity contribution in [1.29, 1.82) is 0 Å². The van der Waals surface area contributed by atoms with Crippen molar-refractivity contribution in [2.75, 3.05) is 27.2 Å². The van der Waals surface area contributed by atoms with Gasteiger partial charge >= 0.3 is 0 Å². The van der Waals surface area contributed by atoms with Gasteiger partial charge in [-0.25, -0.2) is 8.78 Å². The van der Waals surface area contributed by atoms with Crippen LogP contribution in [0.3, 0.4) is 0 Å². The predicted octanol–water partition coefficient (Wildman–Crippen LogP) is 1.03. The van der Waals surface area contributed by atoms with E-state index in [0.29, 0.717) is 13.0 Å². The number of amides is 1. The van der Waals surface area contributed by atoms with Gasteiger partial charge in [-0.2, -0.15) is 0 Å². The summed E-state index contributed by atoms with van der Waals surface area (Å²) in [6.07, 6.45) is -0.244. The Morgan fingerprint density at radius 3 is 2.81 bits per heavy atom. The van der Waals surface area contributed by atoms with Gasteiger partial charge in [0.05, 0.1) is 12.5 Å². The molecule has 1 aromatic rings. The lowest BCUT2D eigenvalue weighted by molar-refractivity contribution is -0.131. The number of hydrogen-bond acceptors (Lipinski definition) is 3. The average Bonchev–Trinajstić information content (AvgIpc) is 2.75. The molecule has 1 aliphatic rings. The number of benzene rings is 1. The standard InChI is InChI=1S/C15H20F2N2O2/c1-18(2)8-11-7-12(20)9-19(11)14(21)6-10-4-3-5-13(16)15(10)17/h3-5,11-12,20H,6-9H2,1-2H3. The Hall–Kier alpha value is -1.53. The monoisotopic (exact) mass is 298 g/mol. The number of aliphatic hydroxyl groups excluding tert-OH is 1. The van der Waals surface area contributed by atoms with Gasteiger partial charge in [0.1, 0.15) is 0 Å². The van der Waals surface area contributed by atoms with E-state index in [0.717, 1.165) is 6.07 Å². The van der Waals surface area contributed by atoms with Gasteiger partial charge in [-0.3, -0.25) is 4.79 Å². The second-order valence-corrected chi connectivity index (χ2v) is 5.74. The van der Waals surface area contributed by atoms with E-state index in [1.807, 2.05) is 19.0 Å². The van der Waals surface area contributed by atoms with E-state index in [1.54, 1.807) is 4.90 Å². The number of hydrogen-bond donors (Lipinski definition) is 1. The molecule has 1 fully saturated rings. The van der Waals surface area contributed by atoms with Gasteiger partial charge in [0.15, 0.2) is 11.6 Å². The Bertz CT molecular complexity index is 522. The van der Waals surface area contributed by atoms with Crippen LogP contribution in [0.1, 0.15) is 12.0 Å². The molecule has 4 nitrogen and oxygen atoms in total. The maximum Gasteiger partial charge on any atom is 0.227 e. The fraction of sp³-hybridized carbons (Fsp3) is 0.533. The minimum absolute atomic E-state index is 0.0463. The number of likely N-dealkylation sites (tertiary alicyclic amines) is 1. The third-order valence-corrected chi connectivity index (χ3v) is 3.66. The molecule has 2 atom stereocenters. The minimum atomic E-state index is -0.977. The molecule has 6 heteroatoms. The zero-order valence-corrected chi connectivity index (χ0v) is 12.2. The molecule has 0 spiro atoms. The number of rotatable bonds is 4. The summed E-state index contributed by atoms with van der Waals surface area (Å²) in [6, 6.07) is 3.72. The fourth-order valence-electron chi connectivity index (χ4n) is 2.74. The summed E-state index contributed by atoms with van der Waals surface area (Å²) >= 11 is 0. The van der Waals surface area contributed by atoms with Crippen molar-refractivity contribution < 1.29 is 18.7 Å². The summed E-state index contributed by atoms with van der Waals surface area (Å²) in [4.78, 5) is 15.8. The molecule has 1 saturated heterocycles. The molecule has 2 rings (SSSR count). The molecule has 1 heterocycles. The second kappa shape index (κ2) is 6.49. The van der Waals surface area contributed by atoms with Crippen molar-refractivity contribution >= 4 is 5.91 Å². The van der Waals surface area contributed by atoms with Gasteiger partial charge in [-0.15, -0.1) is 0 Å². The van der Waals surface area contributed by atoms with Gasteiger partial charge in [-0.05, 0) is 26.6 Å². The molecule has 1 N–H and O–H groups in total. The number of carbonyl (C=O) groups excluding carboxylic acids is 1. The number of nitrogens with zero attached hydrogens (tertiary/aromatic N) is 2. The molecule has 116 valence electrons. The van der Waals surface area contributed by atoms with E-state index in [-0.39, 0.29) is 30.5 Å². The highest BCUT2D eigenvalue weighted by Gasteiger charge is 2.34. The van der Waals surface area contributed by atoms with Crippen molar-refractivity contribution in [1.82, 2.24) is 9.80 Å². The average molecular weight is 298 g/mol. The first-order valence-electron chi connectivity index (χ1n) is 6.93. The molecule has 0 aromatic heterocycles. The van der Waals surface area contributed by atoms with Crippen LogP contribution in [-0.4, -0.2) is 60.1 Å². The van der Waals surface area contributed by atoms with Crippen molar-refractivity contribution in [3.05, 3.63) is 35.4 Å². The number of aliphatic hydroxyl groups is 1. The first-order valence-corrected chi connectivity index (χ1v) is 6.93. The van der Waals surface area contributed by atoms with Crippen LogP contribution in [0.25, 0.3) is 0 Å². The van der Waals surface area contributed by atoms with Gasteiger partial charge in [0.2, 0.25) is 5.91 Å². The Labute approximate surface area is 123 Å². The quantitative estimate of drug-likeness (QED) is 0.903. The van der Waals surface area contributed by atoms with Crippen LogP contribution in [0.15, 0.2) is 18.2 Å². The van der Waals surface area contributed by atoms with E-state index in [9.17, 15) is 18.7 Å². The lowest BCUT2D eigenvalue weighted by atomic mass is 10.1. The molecule has 0 radical (unpaired) electrons. The summed E-state index contributed by atoms with van der Waals surface area (Å²) in [5, 5.41) is 9.75. The van der Waals surface area contributed by atoms with Crippen LogP contribution in [0.4, 0.5) is 8.78 Å². The Kier molecular flexibility index (Phi) is 4.90. The van der Waals surface area contributed by atoms with E-state index in [1.165, 1.54) is 12.1 Å². The molecule has 0 aliphatic carbocycles. The summed E-state index contributed by atoms with van der Waals surface area (Å²) in [5.41, 5.74) is 0.0463. The van der Waals surface area contributed by atoms with Crippen molar-refractivity contribution in [2.24, 2.45) is 0 Å². The van der Waals surface area contributed by atoms with E-state index >= 15 is 0 Å². The molecule has 1 aliphatic heterocycles. The summed E-state index contributed by atoms with van der Waals surface area (Å²) in [7, 11) is 3.78. The lowest BCUT2D eigenvalue weighted by Crippen LogP contribution is -2.42. The number of likely N-dealkylation sites (N-methyl/N-ethyl adjacent to an activating group) is 1. The predicted molar refractivity (Wildman–Crippen MR) is 74.7 cm³/mol. The normalized spacial score (nSPS) is 22.1. The molecule has 1 aromatic carbocycles. The summed E-state index contributed by atoms with van der Waals surface area (Å²) in [5.74, 6) is -2.22. The highest BCUT2D eigenvalue weighted by molar-refractivity contribution is 5.79. The van der Waals surface area contributed by atoms with Crippen molar-refractivity contribution in [3.63, 3.8) is 0 Å². The maximum absolute atomic E-state index is 13.6. The first kappa shape index (κ1) is 15.9. The van der Waals surface area contributed by atoms with Crippen LogP contribution < -0.4 is 0 Å². The Balaban J connectivity index is 2.09. The van der Waals surface area contributed by atoms with Gasteiger partial charge in [0, 0.05) is 24.7 Å². The molecule has 1 amide bonds. The first-order chi connectivity index (χ1) is 9.88. The zero-order valence-electron chi connectivity index (χ0n) is 12.2. The van der Waals surface area contributed by atoms with Gasteiger partial charge in [0.25, 0.3) is 0 Å². The summed E-state index contributed by atoms with van der Waals surface area (Å²) in [6.45, 7) is 0.878. The van der Waals surface area contributed by atoms with E-state index in [4.69, 9.17) is 0 Å². The topological polar surface area (TPSA) is 43.8 Å². The molecule has 21 heavy (non-hydrogen) atoms. The highest BCUT2D eigenvalue weighted by atomic mass is 19.2.